The van der Waals surface area contributed by atoms with Gasteiger partial charge in [-0.25, -0.2) is 9.97 Å². The minimum atomic E-state index is -0.312. The van der Waals surface area contributed by atoms with Crippen molar-refractivity contribution in [1.29, 1.82) is 0 Å². The van der Waals surface area contributed by atoms with Gasteiger partial charge in [0.1, 0.15) is 5.60 Å². The zero-order valence-corrected chi connectivity index (χ0v) is 15.6. The third kappa shape index (κ3) is 2.78. The molecule has 0 amide bonds. The molecule has 7 nitrogen and oxygen atoms in total. The lowest BCUT2D eigenvalue weighted by Crippen LogP contribution is -2.47. The largest absolute Gasteiger partial charge is 0.368 e. The zero-order valence-electron chi connectivity index (χ0n) is 15.6. The van der Waals surface area contributed by atoms with Crippen molar-refractivity contribution < 1.29 is 4.74 Å². The molecular formula is C20H24N6O. The van der Waals surface area contributed by atoms with Crippen LogP contribution in [-0.4, -0.2) is 44.3 Å². The molecule has 0 saturated carbocycles. The molecule has 0 unspecified atom stereocenters. The molecule has 7 heteroatoms. The van der Waals surface area contributed by atoms with Crippen LogP contribution in [0.3, 0.4) is 0 Å². The van der Waals surface area contributed by atoms with Gasteiger partial charge in [0.2, 0.25) is 5.95 Å². The number of nitrogens with two attached hydrogens (primary N) is 1. The van der Waals surface area contributed by atoms with E-state index < -0.39 is 0 Å². The molecule has 2 aromatic heterocycles. The number of likely N-dealkylation sites (tertiary alicyclic amines) is 1. The second kappa shape index (κ2) is 6.28. The predicted molar refractivity (Wildman–Crippen MR) is 103 cm³/mol. The van der Waals surface area contributed by atoms with Gasteiger partial charge in [0.25, 0.3) is 0 Å². The molecule has 0 atom stereocenters. The maximum absolute atomic E-state index is 6.27. The van der Waals surface area contributed by atoms with Crippen molar-refractivity contribution in [1.82, 2.24) is 24.6 Å². The number of rotatable bonds is 2. The van der Waals surface area contributed by atoms with Crippen LogP contribution in [0.2, 0.25) is 0 Å². The smallest absolute Gasteiger partial charge is 0.220 e. The van der Waals surface area contributed by atoms with Gasteiger partial charge in [-0.05, 0) is 30.9 Å². The second-order valence-electron chi connectivity index (χ2n) is 7.56. The van der Waals surface area contributed by atoms with E-state index in [9.17, 15) is 0 Å². The average molecular weight is 364 g/mol. The molecule has 1 spiro atoms. The molecule has 2 aliphatic rings. The van der Waals surface area contributed by atoms with Gasteiger partial charge in [0.05, 0.1) is 23.5 Å². The third-order valence-corrected chi connectivity index (χ3v) is 5.94. The number of nitrogen functional groups attached to an aromatic ring is 1. The molecule has 1 aromatic carbocycles. The van der Waals surface area contributed by atoms with Crippen LogP contribution < -0.4 is 5.73 Å². The Hall–Kier alpha value is -2.51. The van der Waals surface area contributed by atoms with E-state index in [2.05, 4.69) is 39.1 Å². The molecule has 27 heavy (non-hydrogen) atoms. The number of fused-ring (bicyclic) bond motifs is 3. The fourth-order valence-corrected chi connectivity index (χ4v) is 4.49. The van der Waals surface area contributed by atoms with Crippen molar-refractivity contribution >= 4 is 16.9 Å². The van der Waals surface area contributed by atoms with E-state index in [1.54, 1.807) is 0 Å². The van der Waals surface area contributed by atoms with Crippen molar-refractivity contribution in [3.05, 3.63) is 47.4 Å². The molecule has 5 rings (SSSR count). The minimum absolute atomic E-state index is 0.312. The SMILES string of the molecule is Cn1nc(CN2CCC3(CC2)OCCc2cnc(N)nc23)c2ccccc21. The molecule has 3 aromatic rings. The third-order valence-electron chi connectivity index (χ3n) is 5.94. The minimum Gasteiger partial charge on any atom is -0.368 e. The predicted octanol–water partition coefficient (Wildman–Crippen LogP) is 2.01. The van der Waals surface area contributed by atoms with Crippen LogP contribution in [0, 0.1) is 0 Å². The zero-order chi connectivity index (χ0) is 18.4. The van der Waals surface area contributed by atoms with Crippen molar-refractivity contribution in [3.8, 4) is 0 Å². The van der Waals surface area contributed by atoms with Crippen molar-refractivity contribution in [2.45, 2.75) is 31.4 Å². The Labute approximate surface area is 158 Å². The first-order valence-corrected chi connectivity index (χ1v) is 9.53. The van der Waals surface area contributed by atoms with Gasteiger partial charge in [-0.3, -0.25) is 9.58 Å². The number of anilines is 1. The second-order valence-corrected chi connectivity index (χ2v) is 7.56. The number of nitrogens with zero attached hydrogens (tertiary/aromatic N) is 5. The van der Waals surface area contributed by atoms with Crippen LogP contribution in [0.25, 0.3) is 10.9 Å². The van der Waals surface area contributed by atoms with Crippen molar-refractivity contribution in [2.75, 3.05) is 25.4 Å². The summed E-state index contributed by atoms with van der Waals surface area (Å²) in [5, 5.41) is 5.98. The van der Waals surface area contributed by atoms with Gasteiger partial charge in [-0.2, -0.15) is 5.10 Å². The Bertz CT molecular complexity index is 989. The summed E-state index contributed by atoms with van der Waals surface area (Å²) >= 11 is 0. The maximum Gasteiger partial charge on any atom is 0.220 e. The fourth-order valence-electron chi connectivity index (χ4n) is 4.49. The number of piperidine rings is 1. The van der Waals surface area contributed by atoms with E-state index in [0.29, 0.717) is 5.95 Å². The standard InChI is InChI=1S/C20H24N6O/c1-25-17-5-3-2-4-15(17)16(24-25)13-26-9-7-20(8-10-26)18-14(6-11-27-20)12-22-19(21)23-18/h2-5,12H,6-11,13H2,1H3,(H2,21,22,23). The van der Waals surface area contributed by atoms with Crippen LogP contribution in [0.5, 0.6) is 0 Å². The van der Waals surface area contributed by atoms with E-state index in [0.717, 1.165) is 56.9 Å². The Morgan fingerprint density at radius 1 is 1.22 bits per heavy atom. The van der Waals surface area contributed by atoms with Gasteiger partial charge in [-0.15, -0.1) is 0 Å². The number of para-hydroxylation sites is 1. The number of ether oxygens (including phenoxy) is 1. The lowest BCUT2D eigenvalue weighted by atomic mass is 9.83. The van der Waals surface area contributed by atoms with Crippen LogP contribution >= 0.6 is 0 Å². The summed E-state index contributed by atoms with van der Waals surface area (Å²) in [5.74, 6) is 0.334. The molecule has 4 heterocycles. The van der Waals surface area contributed by atoms with Gasteiger partial charge >= 0.3 is 0 Å². The molecule has 2 N–H and O–H groups in total. The normalized spacial score (nSPS) is 19.4. The highest BCUT2D eigenvalue weighted by atomic mass is 16.5. The summed E-state index contributed by atoms with van der Waals surface area (Å²) in [6.45, 7) is 3.49. The molecular weight excluding hydrogens is 340 g/mol. The molecule has 0 radical (unpaired) electrons. The summed E-state index contributed by atoms with van der Waals surface area (Å²) in [4.78, 5) is 11.2. The van der Waals surface area contributed by atoms with E-state index in [4.69, 9.17) is 15.6 Å². The van der Waals surface area contributed by atoms with E-state index in [1.165, 1.54) is 16.5 Å². The average Bonchev–Trinajstić information content (AvgIpc) is 3.00. The molecule has 1 fully saturated rings. The fraction of sp³-hybridized carbons (Fsp3) is 0.450. The van der Waals surface area contributed by atoms with E-state index >= 15 is 0 Å². The molecule has 140 valence electrons. The monoisotopic (exact) mass is 364 g/mol. The lowest BCUT2D eigenvalue weighted by molar-refractivity contribution is -0.102. The van der Waals surface area contributed by atoms with E-state index in [1.807, 2.05) is 17.9 Å². The molecule has 1 saturated heterocycles. The number of hydrogen-bond acceptors (Lipinski definition) is 6. The van der Waals surface area contributed by atoms with Crippen LogP contribution in [-0.2, 0) is 30.4 Å². The highest BCUT2D eigenvalue weighted by Gasteiger charge is 2.42. The topological polar surface area (TPSA) is 82.1 Å². The lowest BCUT2D eigenvalue weighted by Gasteiger charge is -2.43. The van der Waals surface area contributed by atoms with Crippen LogP contribution in [0.1, 0.15) is 29.8 Å². The van der Waals surface area contributed by atoms with Crippen molar-refractivity contribution in [3.63, 3.8) is 0 Å². The highest BCUT2D eigenvalue weighted by Crippen LogP contribution is 2.40. The summed E-state index contributed by atoms with van der Waals surface area (Å²) in [6.07, 6.45) is 4.57. The first kappa shape index (κ1) is 16.6. The Balaban J connectivity index is 1.36. The quantitative estimate of drug-likeness (QED) is 0.749. The highest BCUT2D eigenvalue weighted by molar-refractivity contribution is 5.81. The molecule has 0 aliphatic carbocycles. The number of aryl methyl sites for hydroxylation is 1. The van der Waals surface area contributed by atoms with E-state index in [-0.39, 0.29) is 5.60 Å². The Morgan fingerprint density at radius 2 is 2.04 bits per heavy atom. The van der Waals surface area contributed by atoms with Crippen LogP contribution in [0.15, 0.2) is 30.5 Å². The first-order valence-electron chi connectivity index (χ1n) is 9.53. The number of benzene rings is 1. The summed E-state index contributed by atoms with van der Waals surface area (Å²) in [5.41, 5.74) is 10.0. The Morgan fingerprint density at radius 3 is 2.89 bits per heavy atom. The first-order chi connectivity index (χ1) is 13.1. The maximum atomic E-state index is 6.27. The summed E-state index contributed by atoms with van der Waals surface area (Å²) < 4.78 is 8.24. The van der Waals surface area contributed by atoms with Gasteiger partial charge in [0, 0.05) is 38.3 Å². The summed E-state index contributed by atoms with van der Waals surface area (Å²) in [7, 11) is 2.01. The molecule has 2 aliphatic heterocycles. The van der Waals surface area contributed by atoms with Gasteiger partial charge < -0.3 is 10.5 Å². The number of hydrogen-bond donors (Lipinski definition) is 1. The van der Waals surface area contributed by atoms with Crippen molar-refractivity contribution in [2.24, 2.45) is 7.05 Å². The van der Waals surface area contributed by atoms with Gasteiger partial charge in [-0.1, -0.05) is 18.2 Å². The molecule has 0 bridgehead atoms. The number of aromatic nitrogens is 4. The Kier molecular flexibility index (Phi) is 3.87. The van der Waals surface area contributed by atoms with Gasteiger partial charge in [0.15, 0.2) is 0 Å². The van der Waals surface area contributed by atoms with Crippen LogP contribution in [0.4, 0.5) is 5.95 Å². The summed E-state index contributed by atoms with van der Waals surface area (Å²) in [6, 6.07) is 8.41.